The number of nitrogens with zero attached hydrogens (tertiary/aromatic N) is 2. The van der Waals surface area contributed by atoms with Gasteiger partial charge in [-0.3, -0.25) is 4.68 Å². The van der Waals surface area contributed by atoms with E-state index in [-0.39, 0.29) is 0 Å². The summed E-state index contributed by atoms with van der Waals surface area (Å²) in [6, 6.07) is 2.00. The molecule has 0 spiro atoms. The van der Waals surface area contributed by atoms with Crippen molar-refractivity contribution < 1.29 is 0 Å². The standard InChI is InChI=1S/C6H9BrN2/c1-5(7)6-3-4-8-9(6)2/h3-5H,1-2H3/t5-/m1/s1. The van der Waals surface area contributed by atoms with E-state index in [0.29, 0.717) is 4.83 Å². The molecule has 0 aliphatic heterocycles. The van der Waals surface area contributed by atoms with Gasteiger partial charge in [0.25, 0.3) is 0 Å². The van der Waals surface area contributed by atoms with Gasteiger partial charge >= 0.3 is 0 Å². The number of rotatable bonds is 1. The van der Waals surface area contributed by atoms with E-state index in [1.807, 2.05) is 17.8 Å². The van der Waals surface area contributed by atoms with Crippen molar-refractivity contribution in [1.82, 2.24) is 9.78 Å². The van der Waals surface area contributed by atoms with Crippen molar-refractivity contribution in [2.45, 2.75) is 11.8 Å². The zero-order valence-electron chi connectivity index (χ0n) is 5.50. The van der Waals surface area contributed by atoms with Gasteiger partial charge in [-0.05, 0) is 13.0 Å². The van der Waals surface area contributed by atoms with Crippen LogP contribution < -0.4 is 0 Å². The maximum absolute atomic E-state index is 4.02. The predicted octanol–water partition coefficient (Wildman–Crippen LogP) is 1.88. The summed E-state index contributed by atoms with van der Waals surface area (Å²) >= 11 is 3.45. The second kappa shape index (κ2) is 2.52. The van der Waals surface area contributed by atoms with Gasteiger partial charge in [0.15, 0.2) is 0 Å². The summed E-state index contributed by atoms with van der Waals surface area (Å²) in [6.45, 7) is 2.08. The zero-order chi connectivity index (χ0) is 6.85. The smallest absolute Gasteiger partial charge is 0.0536 e. The van der Waals surface area contributed by atoms with Crippen LogP contribution in [0.25, 0.3) is 0 Å². The van der Waals surface area contributed by atoms with Crippen molar-refractivity contribution in [1.29, 1.82) is 0 Å². The van der Waals surface area contributed by atoms with Gasteiger partial charge in [-0.25, -0.2) is 0 Å². The van der Waals surface area contributed by atoms with E-state index in [4.69, 9.17) is 0 Å². The Labute approximate surface area is 63.0 Å². The molecule has 0 unspecified atom stereocenters. The minimum absolute atomic E-state index is 0.394. The summed E-state index contributed by atoms with van der Waals surface area (Å²) in [7, 11) is 1.94. The molecule has 1 atom stereocenters. The molecule has 1 heterocycles. The largest absolute Gasteiger partial charge is 0.272 e. The molecule has 50 valence electrons. The van der Waals surface area contributed by atoms with Crippen molar-refractivity contribution in [2.75, 3.05) is 0 Å². The number of alkyl halides is 1. The van der Waals surface area contributed by atoms with E-state index in [1.54, 1.807) is 6.20 Å². The minimum Gasteiger partial charge on any atom is -0.272 e. The van der Waals surface area contributed by atoms with Crippen LogP contribution in [-0.2, 0) is 7.05 Å². The van der Waals surface area contributed by atoms with Gasteiger partial charge in [-0.1, -0.05) is 15.9 Å². The Morgan fingerprint density at radius 3 is 2.67 bits per heavy atom. The van der Waals surface area contributed by atoms with E-state index in [0.717, 1.165) is 0 Å². The van der Waals surface area contributed by atoms with Gasteiger partial charge in [-0.2, -0.15) is 5.10 Å². The van der Waals surface area contributed by atoms with Crippen molar-refractivity contribution in [3.05, 3.63) is 18.0 Å². The highest BCUT2D eigenvalue weighted by Gasteiger charge is 2.02. The average Bonchev–Trinajstić information content (AvgIpc) is 2.13. The molecule has 0 bridgehead atoms. The molecule has 0 aromatic carbocycles. The fourth-order valence-electron chi connectivity index (χ4n) is 0.774. The fraction of sp³-hybridized carbons (Fsp3) is 0.500. The second-order valence-corrected chi connectivity index (χ2v) is 3.37. The summed E-state index contributed by atoms with van der Waals surface area (Å²) in [4.78, 5) is 0.394. The molecule has 1 aromatic heterocycles. The van der Waals surface area contributed by atoms with Crippen LogP contribution in [0, 0.1) is 0 Å². The Bertz CT molecular complexity index is 193. The molecule has 1 rings (SSSR count). The van der Waals surface area contributed by atoms with E-state index in [1.165, 1.54) is 5.69 Å². The molecule has 0 N–H and O–H groups in total. The van der Waals surface area contributed by atoms with Crippen molar-refractivity contribution in [3.63, 3.8) is 0 Å². The summed E-state index contributed by atoms with van der Waals surface area (Å²) in [5, 5.41) is 4.02. The quantitative estimate of drug-likeness (QED) is 0.616. The lowest BCUT2D eigenvalue weighted by atomic mass is 10.3. The van der Waals surface area contributed by atoms with Crippen LogP contribution in [-0.4, -0.2) is 9.78 Å². The van der Waals surface area contributed by atoms with Crippen LogP contribution in [0.15, 0.2) is 12.3 Å². The molecular formula is C6H9BrN2. The molecule has 0 saturated heterocycles. The molecular weight excluding hydrogens is 180 g/mol. The molecule has 0 fully saturated rings. The molecule has 0 aliphatic carbocycles. The Morgan fingerprint density at radius 2 is 2.44 bits per heavy atom. The van der Waals surface area contributed by atoms with Crippen molar-refractivity contribution in [3.8, 4) is 0 Å². The Kier molecular flexibility index (Phi) is 1.90. The first-order valence-electron chi connectivity index (χ1n) is 2.84. The number of hydrogen-bond acceptors (Lipinski definition) is 1. The molecule has 0 radical (unpaired) electrons. The third-order valence-corrected chi connectivity index (χ3v) is 1.74. The lowest BCUT2D eigenvalue weighted by Gasteiger charge is -2.01. The number of halogens is 1. The van der Waals surface area contributed by atoms with Crippen molar-refractivity contribution >= 4 is 15.9 Å². The summed E-state index contributed by atoms with van der Waals surface area (Å²) in [6.07, 6.45) is 1.80. The van der Waals surface area contributed by atoms with Gasteiger partial charge < -0.3 is 0 Å². The first kappa shape index (κ1) is 6.81. The van der Waals surface area contributed by atoms with Gasteiger partial charge in [0.2, 0.25) is 0 Å². The maximum atomic E-state index is 4.02. The van der Waals surface area contributed by atoms with E-state index < -0.39 is 0 Å². The number of hydrogen-bond donors (Lipinski definition) is 0. The van der Waals surface area contributed by atoms with Crippen LogP contribution in [0.2, 0.25) is 0 Å². The normalized spacial score (nSPS) is 13.7. The Hall–Kier alpha value is -0.310. The van der Waals surface area contributed by atoms with Crippen LogP contribution in [0.5, 0.6) is 0 Å². The van der Waals surface area contributed by atoms with E-state index in [2.05, 4.69) is 28.0 Å². The van der Waals surface area contributed by atoms with E-state index in [9.17, 15) is 0 Å². The van der Waals surface area contributed by atoms with Gasteiger partial charge in [0, 0.05) is 13.2 Å². The third kappa shape index (κ3) is 1.33. The van der Waals surface area contributed by atoms with E-state index >= 15 is 0 Å². The fourth-order valence-corrected chi connectivity index (χ4v) is 1.22. The average molecular weight is 189 g/mol. The summed E-state index contributed by atoms with van der Waals surface area (Å²) in [5.41, 5.74) is 1.20. The lowest BCUT2D eigenvalue weighted by Crippen LogP contribution is -1.97. The highest BCUT2D eigenvalue weighted by molar-refractivity contribution is 9.09. The van der Waals surface area contributed by atoms with Gasteiger partial charge in [0.1, 0.15) is 0 Å². The minimum atomic E-state index is 0.394. The highest BCUT2D eigenvalue weighted by Crippen LogP contribution is 2.19. The zero-order valence-corrected chi connectivity index (χ0v) is 7.09. The van der Waals surface area contributed by atoms with Crippen LogP contribution in [0.4, 0.5) is 0 Å². The lowest BCUT2D eigenvalue weighted by molar-refractivity contribution is 0.716. The second-order valence-electron chi connectivity index (χ2n) is 2.00. The first-order valence-corrected chi connectivity index (χ1v) is 3.75. The monoisotopic (exact) mass is 188 g/mol. The third-order valence-electron chi connectivity index (χ3n) is 1.27. The Morgan fingerprint density at radius 1 is 1.78 bits per heavy atom. The summed E-state index contributed by atoms with van der Waals surface area (Å²) in [5.74, 6) is 0. The molecule has 9 heavy (non-hydrogen) atoms. The van der Waals surface area contributed by atoms with Crippen LogP contribution in [0.1, 0.15) is 17.4 Å². The topological polar surface area (TPSA) is 17.8 Å². The van der Waals surface area contributed by atoms with Gasteiger partial charge in [0.05, 0.1) is 10.5 Å². The molecule has 0 saturated carbocycles. The van der Waals surface area contributed by atoms with Crippen LogP contribution >= 0.6 is 15.9 Å². The van der Waals surface area contributed by atoms with Crippen LogP contribution in [0.3, 0.4) is 0 Å². The first-order chi connectivity index (χ1) is 4.22. The molecule has 3 heteroatoms. The number of aryl methyl sites for hydroxylation is 1. The highest BCUT2D eigenvalue weighted by atomic mass is 79.9. The molecule has 0 amide bonds. The molecule has 0 aliphatic rings. The summed E-state index contributed by atoms with van der Waals surface area (Å²) < 4.78 is 1.86. The predicted molar refractivity (Wildman–Crippen MR) is 40.6 cm³/mol. The number of aromatic nitrogens is 2. The van der Waals surface area contributed by atoms with Crippen molar-refractivity contribution in [2.24, 2.45) is 7.05 Å². The maximum Gasteiger partial charge on any atom is 0.0536 e. The Balaban J connectivity index is 2.94. The molecule has 1 aromatic rings. The molecule has 2 nitrogen and oxygen atoms in total. The van der Waals surface area contributed by atoms with Gasteiger partial charge in [-0.15, -0.1) is 0 Å². The SMILES string of the molecule is C[C@@H](Br)c1ccnn1C.